The summed E-state index contributed by atoms with van der Waals surface area (Å²) in [5.74, 6) is 0.152. The number of aliphatic hydroxyl groups is 1. The van der Waals surface area contributed by atoms with Crippen LogP contribution in [0.2, 0.25) is 0 Å². The van der Waals surface area contributed by atoms with E-state index in [0.29, 0.717) is 25.2 Å². The fourth-order valence-corrected chi connectivity index (χ4v) is 6.81. The number of hydrogen-bond donors (Lipinski definition) is 5. The van der Waals surface area contributed by atoms with Gasteiger partial charge in [0, 0.05) is 43.1 Å². The molecule has 2 aromatic heterocycles. The minimum atomic E-state index is -4.57. The Morgan fingerprint density at radius 3 is 2.57 bits per heavy atom. The van der Waals surface area contributed by atoms with Crippen LogP contribution >= 0.6 is 0 Å². The van der Waals surface area contributed by atoms with Gasteiger partial charge in [0.15, 0.2) is 0 Å². The standard InChI is InChI=1S/C19H27N9O5S2/c1-2-13(29)9-23-35(32,33)16-4-3-15(17(18(16)34(20,30)31)19-24-26-27-25-19)28-7-5-12(6-8-28)14-10-21-11-22-14/h3-4,10-13,23,29H,2,5-9H2,1H3,(H,21,22)(H2,20,30,31)(H,24,25,26,27)/t13-/m1/s1. The Bertz CT molecular complexity index is 1350. The quantitative estimate of drug-likeness (QED) is 0.245. The van der Waals surface area contributed by atoms with Gasteiger partial charge in [-0.15, -0.1) is 10.2 Å². The van der Waals surface area contributed by atoms with E-state index in [9.17, 15) is 21.9 Å². The van der Waals surface area contributed by atoms with Crippen molar-refractivity contribution in [3.63, 3.8) is 0 Å². The Morgan fingerprint density at radius 2 is 2.00 bits per heavy atom. The molecule has 16 heteroatoms. The number of nitrogens with zero attached hydrogens (tertiary/aromatic N) is 5. The number of nitrogens with two attached hydrogens (primary N) is 1. The van der Waals surface area contributed by atoms with E-state index in [0.717, 1.165) is 18.5 Å². The van der Waals surface area contributed by atoms with Gasteiger partial charge in [0.05, 0.1) is 18.0 Å². The van der Waals surface area contributed by atoms with Crippen LogP contribution in [-0.4, -0.2) is 78.3 Å². The van der Waals surface area contributed by atoms with Crippen LogP contribution < -0.4 is 14.8 Å². The van der Waals surface area contributed by atoms with Gasteiger partial charge in [-0.2, -0.15) is 5.21 Å². The number of hydrogen-bond acceptors (Lipinski definition) is 10. The number of aromatic amines is 2. The van der Waals surface area contributed by atoms with Crippen molar-refractivity contribution < 1.29 is 21.9 Å². The van der Waals surface area contributed by atoms with E-state index in [1.165, 1.54) is 12.1 Å². The zero-order valence-corrected chi connectivity index (χ0v) is 20.5. The van der Waals surface area contributed by atoms with E-state index in [2.05, 4.69) is 35.3 Å². The maximum atomic E-state index is 13.1. The number of imidazole rings is 1. The molecule has 14 nitrogen and oxygen atoms in total. The average molecular weight is 526 g/mol. The monoisotopic (exact) mass is 525 g/mol. The molecule has 190 valence electrons. The van der Waals surface area contributed by atoms with E-state index >= 15 is 0 Å². The molecule has 1 saturated heterocycles. The van der Waals surface area contributed by atoms with Crippen molar-refractivity contribution in [3.05, 3.63) is 30.4 Å². The molecule has 1 fully saturated rings. The van der Waals surface area contributed by atoms with Gasteiger partial charge in [0.1, 0.15) is 9.79 Å². The second-order valence-electron chi connectivity index (χ2n) is 8.25. The number of sulfonamides is 2. The number of rotatable bonds is 9. The average Bonchev–Trinajstić information content (AvgIpc) is 3.56. The van der Waals surface area contributed by atoms with Crippen LogP contribution in [-0.2, 0) is 20.0 Å². The highest BCUT2D eigenvalue weighted by molar-refractivity contribution is 7.92. The van der Waals surface area contributed by atoms with E-state index in [1.807, 2.05) is 4.90 Å². The molecule has 0 radical (unpaired) electrons. The first-order chi connectivity index (χ1) is 16.6. The third-order valence-corrected chi connectivity index (χ3v) is 8.61. The highest BCUT2D eigenvalue weighted by Gasteiger charge is 2.34. The summed E-state index contributed by atoms with van der Waals surface area (Å²) < 4.78 is 53.9. The predicted octanol–water partition coefficient (Wildman–Crippen LogP) is -0.330. The van der Waals surface area contributed by atoms with Crippen molar-refractivity contribution in [2.75, 3.05) is 24.5 Å². The van der Waals surface area contributed by atoms with Gasteiger partial charge in [-0.05, 0) is 36.6 Å². The van der Waals surface area contributed by atoms with Crippen molar-refractivity contribution in [3.8, 4) is 11.4 Å². The fraction of sp³-hybridized carbons (Fsp3) is 0.474. The molecule has 0 unspecified atom stereocenters. The molecule has 0 saturated carbocycles. The lowest BCUT2D eigenvalue weighted by Crippen LogP contribution is -2.35. The first-order valence-corrected chi connectivity index (χ1v) is 14.0. The molecule has 0 bridgehead atoms. The highest BCUT2D eigenvalue weighted by atomic mass is 32.2. The molecule has 1 aliphatic heterocycles. The summed E-state index contributed by atoms with van der Waals surface area (Å²) in [6.07, 6.45) is 4.30. The SMILES string of the molecule is CC[C@@H](O)CNS(=O)(=O)c1ccc(N2CCC(c3cnc[nH]3)CC2)c(-c2nn[nH]n2)c1S(N)(=O)=O. The topological polar surface area (TPSA) is 213 Å². The highest BCUT2D eigenvalue weighted by Crippen LogP contribution is 2.40. The number of tetrazole rings is 1. The van der Waals surface area contributed by atoms with Gasteiger partial charge >= 0.3 is 0 Å². The van der Waals surface area contributed by atoms with Gasteiger partial charge in [-0.25, -0.2) is 31.7 Å². The zero-order chi connectivity index (χ0) is 25.2. The lowest BCUT2D eigenvalue weighted by atomic mass is 9.93. The molecule has 1 atom stereocenters. The third kappa shape index (κ3) is 5.35. The summed E-state index contributed by atoms with van der Waals surface area (Å²) in [6.45, 7) is 2.52. The summed E-state index contributed by atoms with van der Waals surface area (Å²) in [5.41, 5.74) is 1.39. The van der Waals surface area contributed by atoms with Crippen molar-refractivity contribution in [1.82, 2.24) is 35.3 Å². The van der Waals surface area contributed by atoms with Crippen molar-refractivity contribution in [1.29, 1.82) is 0 Å². The molecule has 3 aromatic rings. The number of aromatic nitrogens is 6. The molecule has 0 aliphatic carbocycles. The molecule has 6 N–H and O–H groups in total. The van der Waals surface area contributed by atoms with Gasteiger partial charge in [-0.3, -0.25) is 0 Å². The van der Waals surface area contributed by atoms with E-state index in [-0.39, 0.29) is 23.9 Å². The van der Waals surface area contributed by atoms with Crippen LogP contribution in [0, 0.1) is 0 Å². The molecule has 0 spiro atoms. The predicted molar refractivity (Wildman–Crippen MR) is 125 cm³/mol. The minimum Gasteiger partial charge on any atom is -0.392 e. The Morgan fingerprint density at radius 1 is 1.26 bits per heavy atom. The number of anilines is 1. The number of aliphatic hydroxyl groups excluding tert-OH is 1. The maximum Gasteiger partial charge on any atom is 0.242 e. The molecule has 0 amide bonds. The Balaban J connectivity index is 1.79. The molecule has 4 rings (SSSR count). The number of benzene rings is 1. The summed E-state index contributed by atoms with van der Waals surface area (Å²) in [6, 6.07) is 2.71. The lowest BCUT2D eigenvalue weighted by molar-refractivity contribution is 0.174. The Kier molecular flexibility index (Phi) is 7.18. The molecule has 1 aromatic carbocycles. The normalized spacial score (nSPS) is 16.5. The van der Waals surface area contributed by atoms with E-state index < -0.39 is 35.9 Å². The van der Waals surface area contributed by atoms with Crippen molar-refractivity contribution in [2.24, 2.45) is 5.14 Å². The summed E-state index contributed by atoms with van der Waals surface area (Å²) in [7, 11) is -8.93. The molecule has 3 heterocycles. The maximum absolute atomic E-state index is 13.1. The first-order valence-electron chi connectivity index (χ1n) is 11.0. The Hall–Kier alpha value is -2.92. The molecular weight excluding hydrogens is 498 g/mol. The summed E-state index contributed by atoms with van der Waals surface area (Å²) in [5, 5.41) is 29.0. The van der Waals surface area contributed by atoms with E-state index in [4.69, 9.17) is 5.14 Å². The van der Waals surface area contributed by atoms with Gasteiger partial charge in [0.25, 0.3) is 0 Å². The number of nitrogens with one attached hydrogen (secondary N) is 3. The second kappa shape index (κ2) is 9.98. The smallest absolute Gasteiger partial charge is 0.242 e. The van der Waals surface area contributed by atoms with Crippen LogP contribution in [0.1, 0.15) is 37.8 Å². The summed E-state index contributed by atoms with van der Waals surface area (Å²) >= 11 is 0. The summed E-state index contributed by atoms with van der Waals surface area (Å²) in [4.78, 5) is 7.95. The van der Waals surface area contributed by atoms with Crippen LogP contribution in [0.3, 0.4) is 0 Å². The number of H-pyrrole nitrogens is 2. The van der Waals surface area contributed by atoms with Crippen molar-refractivity contribution >= 4 is 25.7 Å². The van der Waals surface area contributed by atoms with Crippen LogP contribution in [0.4, 0.5) is 5.69 Å². The van der Waals surface area contributed by atoms with Crippen LogP contribution in [0.5, 0.6) is 0 Å². The lowest BCUT2D eigenvalue weighted by Gasteiger charge is -2.34. The van der Waals surface area contributed by atoms with Gasteiger partial charge in [-0.1, -0.05) is 6.92 Å². The van der Waals surface area contributed by atoms with Crippen molar-refractivity contribution in [2.45, 2.75) is 48.0 Å². The van der Waals surface area contributed by atoms with Crippen LogP contribution in [0.25, 0.3) is 11.4 Å². The zero-order valence-electron chi connectivity index (χ0n) is 18.9. The van der Waals surface area contributed by atoms with E-state index in [1.54, 1.807) is 19.4 Å². The molecule has 1 aliphatic rings. The minimum absolute atomic E-state index is 0.0554. The van der Waals surface area contributed by atoms with Gasteiger partial charge in [0.2, 0.25) is 25.9 Å². The van der Waals surface area contributed by atoms with Gasteiger partial charge < -0.3 is 15.0 Å². The molecular formula is C19H27N9O5S2. The molecule has 35 heavy (non-hydrogen) atoms. The first kappa shape index (κ1) is 25.2. The Labute approximate surface area is 202 Å². The third-order valence-electron chi connectivity index (χ3n) is 6.02. The number of primary sulfonamides is 1. The largest absolute Gasteiger partial charge is 0.392 e. The number of piperidine rings is 1. The van der Waals surface area contributed by atoms with Crippen LogP contribution in [0.15, 0.2) is 34.4 Å². The fourth-order valence-electron chi connectivity index (χ4n) is 4.14. The second-order valence-corrected chi connectivity index (χ2v) is 11.5.